The van der Waals surface area contributed by atoms with Gasteiger partial charge in [0, 0.05) is 17.8 Å². The Hall–Kier alpha value is -1.21. The van der Waals surface area contributed by atoms with Crippen LogP contribution in [0.15, 0.2) is 40.2 Å². The number of aryl methyl sites for hydroxylation is 1. The number of halogens is 1. The Morgan fingerprint density at radius 3 is 2.81 bits per heavy atom. The third-order valence-electron chi connectivity index (χ3n) is 3.58. The lowest BCUT2D eigenvalue weighted by molar-refractivity contribution is 0.533. The monoisotopic (exact) mass is 364 g/mol. The van der Waals surface area contributed by atoms with E-state index in [9.17, 15) is 0 Å². The number of aromatic nitrogens is 2. The Morgan fingerprint density at radius 1 is 1.33 bits per heavy atom. The maximum absolute atomic E-state index is 5.75. The number of nitrogens with zero attached hydrogens (tertiary/aromatic N) is 2. The van der Waals surface area contributed by atoms with Gasteiger partial charge in [-0.15, -0.1) is 11.3 Å². The molecular formula is C15H17BrN4S. The van der Waals surface area contributed by atoms with Gasteiger partial charge in [0.2, 0.25) is 0 Å². The van der Waals surface area contributed by atoms with E-state index in [0.717, 1.165) is 28.1 Å². The summed E-state index contributed by atoms with van der Waals surface area (Å²) in [6.45, 7) is 3.05. The molecule has 0 bridgehead atoms. The van der Waals surface area contributed by atoms with Gasteiger partial charge < -0.3 is 4.57 Å². The number of hydrogen-bond donors (Lipinski definition) is 2. The van der Waals surface area contributed by atoms with Crippen molar-refractivity contribution in [3.8, 4) is 0 Å². The molecule has 4 nitrogen and oxygen atoms in total. The van der Waals surface area contributed by atoms with Crippen LogP contribution in [0.1, 0.15) is 23.7 Å². The number of nitrogens with one attached hydrogen (secondary N) is 1. The molecule has 0 spiro atoms. The van der Waals surface area contributed by atoms with Crippen molar-refractivity contribution in [2.45, 2.75) is 25.9 Å². The minimum Gasteiger partial charge on any atom is -0.328 e. The van der Waals surface area contributed by atoms with E-state index in [1.54, 1.807) is 11.3 Å². The molecule has 110 valence electrons. The van der Waals surface area contributed by atoms with E-state index in [1.807, 2.05) is 12.1 Å². The van der Waals surface area contributed by atoms with Crippen molar-refractivity contribution in [1.82, 2.24) is 15.0 Å². The molecule has 1 unspecified atom stereocenters. The first-order valence-electron chi connectivity index (χ1n) is 6.88. The summed E-state index contributed by atoms with van der Waals surface area (Å²) >= 11 is 5.20. The third kappa shape index (κ3) is 2.89. The molecule has 1 aromatic carbocycles. The van der Waals surface area contributed by atoms with Crippen LogP contribution in [0.3, 0.4) is 0 Å². The Morgan fingerprint density at radius 2 is 2.14 bits per heavy atom. The van der Waals surface area contributed by atoms with Crippen molar-refractivity contribution < 1.29 is 0 Å². The zero-order valence-corrected chi connectivity index (χ0v) is 14.1. The van der Waals surface area contributed by atoms with E-state index in [4.69, 9.17) is 10.8 Å². The fourth-order valence-corrected chi connectivity index (χ4v) is 4.06. The summed E-state index contributed by atoms with van der Waals surface area (Å²) in [6.07, 6.45) is 0.770. The molecular weight excluding hydrogens is 348 g/mol. The first-order chi connectivity index (χ1) is 10.2. The molecule has 1 atom stereocenters. The van der Waals surface area contributed by atoms with E-state index in [2.05, 4.69) is 57.1 Å². The van der Waals surface area contributed by atoms with Gasteiger partial charge in [0.25, 0.3) is 0 Å². The summed E-state index contributed by atoms with van der Waals surface area (Å²) in [4.78, 5) is 5.97. The summed E-state index contributed by atoms with van der Waals surface area (Å²) in [5.41, 5.74) is 5.13. The number of imidazole rings is 1. The highest BCUT2D eigenvalue weighted by Gasteiger charge is 2.17. The fraction of sp³-hybridized carbons (Fsp3) is 0.267. The van der Waals surface area contributed by atoms with E-state index in [-0.39, 0.29) is 6.04 Å². The average molecular weight is 365 g/mol. The molecule has 3 rings (SSSR count). The van der Waals surface area contributed by atoms with Gasteiger partial charge in [-0.2, -0.15) is 0 Å². The van der Waals surface area contributed by atoms with Crippen LogP contribution in [0, 0.1) is 0 Å². The molecule has 0 radical (unpaired) electrons. The predicted octanol–water partition coefficient (Wildman–Crippen LogP) is 3.63. The fourth-order valence-electron chi connectivity index (χ4n) is 2.57. The number of para-hydroxylation sites is 2. The van der Waals surface area contributed by atoms with Crippen molar-refractivity contribution in [2.24, 2.45) is 5.84 Å². The minimum absolute atomic E-state index is 0.0726. The lowest BCUT2D eigenvalue weighted by Gasteiger charge is -2.14. The molecule has 21 heavy (non-hydrogen) atoms. The smallest absolute Gasteiger partial charge is 0.111 e. The molecule has 0 saturated carbocycles. The van der Waals surface area contributed by atoms with E-state index in [1.165, 1.54) is 10.4 Å². The van der Waals surface area contributed by atoms with Gasteiger partial charge in [-0.3, -0.25) is 11.3 Å². The van der Waals surface area contributed by atoms with Crippen molar-refractivity contribution in [1.29, 1.82) is 0 Å². The molecule has 3 N–H and O–H groups in total. The van der Waals surface area contributed by atoms with Gasteiger partial charge in [0.05, 0.1) is 20.9 Å². The van der Waals surface area contributed by atoms with E-state index >= 15 is 0 Å². The number of thiophene rings is 1. The maximum Gasteiger partial charge on any atom is 0.111 e. The zero-order valence-electron chi connectivity index (χ0n) is 11.7. The third-order valence-corrected chi connectivity index (χ3v) is 5.31. The van der Waals surface area contributed by atoms with Gasteiger partial charge in [-0.1, -0.05) is 12.1 Å². The molecule has 2 aromatic heterocycles. The maximum atomic E-state index is 5.75. The van der Waals surface area contributed by atoms with E-state index < -0.39 is 0 Å². The quantitative estimate of drug-likeness (QED) is 0.536. The number of rotatable bonds is 5. The van der Waals surface area contributed by atoms with Crippen molar-refractivity contribution in [2.75, 3.05) is 0 Å². The van der Waals surface area contributed by atoms with Crippen LogP contribution in [0.25, 0.3) is 11.0 Å². The summed E-state index contributed by atoms with van der Waals surface area (Å²) in [5, 5.41) is 0. The molecule has 2 heterocycles. The Labute approximate surface area is 136 Å². The summed E-state index contributed by atoms with van der Waals surface area (Å²) in [6, 6.07) is 12.5. The standard InChI is InChI=1S/C15H17BrN4S/c1-2-20-12-6-4-3-5-10(12)18-15(20)9-11(19-17)13-7-8-14(16)21-13/h3-8,11,19H,2,9,17H2,1H3. The SMILES string of the molecule is CCn1c(CC(NN)c2ccc(Br)s2)nc2ccccc21. The van der Waals surface area contributed by atoms with Crippen LogP contribution in [-0.4, -0.2) is 9.55 Å². The number of hydrogen-bond acceptors (Lipinski definition) is 4. The number of nitrogens with two attached hydrogens (primary N) is 1. The van der Waals surface area contributed by atoms with Gasteiger partial charge in [0.1, 0.15) is 5.82 Å². The highest BCUT2D eigenvalue weighted by molar-refractivity contribution is 9.11. The topological polar surface area (TPSA) is 55.9 Å². The minimum atomic E-state index is 0.0726. The molecule has 6 heteroatoms. The Bertz CT molecular complexity index is 749. The van der Waals surface area contributed by atoms with Crippen LogP contribution >= 0.6 is 27.3 Å². The van der Waals surface area contributed by atoms with Gasteiger partial charge in [-0.05, 0) is 47.1 Å². The summed E-state index contributed by atoms with van der Waals surface area (Å²) in [7, 11) is 0. The van der Waals surface area contributed by atoms with Crippen LogP contribution < -0.4 is 11.3 Å². The zero-order chi connectivity index (χ0) is 14.8. The van der Waals surface area contributed by atoms with Crippen molar-refractivity contribution in [3.63, 3.8) is 0 Å². The van der Waals surface area contributed by atoms with Gasteiger partial charge >= 0.3 is 0 Å². The normalized spacial score (nSPS) is 12.9. The van der Waals surface area contributed by atoms with Gasteiger partial charge in [-0.25, -0.2) is 4.98 Å². The van der Waals surface area contributed by atoms with Crippen molar-refractivity contribution in [3.05, 3.63) is 50.9 Å². The Balaban J connectivity index is 1.96. The molecule has 0 amide bonds. The molecule has 0 aliphatic rings. The van der Waals surface area contributed by atoms with Gasteiger partial charge in [0.15, 0.2) is 0 Å². The molecule has 0 aliphatic carbocycles. The highest BCUT2D eigenvalue weighted by atomic mass is 79.9. The van der Waals surface area contributed by atoms with Crippen LogP contribution in [0.4, 0.5) is 0 Å². The van der Waals surface area contributed by atoms with Crippen LogP contribution in [0.2, 0.25) is 0 Å². The van der Waals surface area contributed by atoms with Crippen molar-refractivity contribution >= 4 is 38.3 Å². The molecule has 0 saturated heterocycles. The second kappa shape index (κ2) is 6.27. The first kappa shape index (κ1) is 14.7. The number of hydrazine groups is 1. The Kier molecular flexibility index (Phi) is 4.40. The second-order valence-corrected chi connectivity index (χ2v) is 7.32. The molecule has 3 aromatic rings. The lowest BCUT2D eigenvalue weighted by Crippen LogP contribution is -2.29. The summed E-state index contributed by atoms with van der Waals surface area (Å²) < 4.78 is 3.37. The summed E-state index contributed by atoms with van der Waals surface area (Å²) in [5.74, 6) is 6.81. The first-order valence-corrected chi connectivity index (χ1v) is 8.49. The number of benzene rings is 1. The lowest BCUT2D eigenvalue weighted by atomic mass is 10.1. The number of fused-ring (bicyclic) bond motifs is 1. The van der Waals surface area contributed by atoms with Crippen LogP contribution in [0.5, 0.6) is 0 Å². The molecule has 0 fully saturated rings. The van der Waals surface area contributed by atoms with Crippen LogP contribution in [-0.2, 0) is 13.0 Å². The highest BCUT2D eigenvalue weighted by Crippen LogP contribution is 2.29. The van der Waals surface area contributed by atoms with E-state index in [0.29, 0.717) is 0 Å². The molecule has 0 aliphatic heterocycles. The second-order valence-electron chi connectivity index (χ2n) is 4.83. The average Bonchev–Trinajstić information content (AvgIpc) is 3.07. The largest absolute Gasteiger partial charge is 0.328 e. The predicted molar refractivity (Wildman–Crippen MR) is 91.2 cm³/mol.